The van der Waals surface area contributed by atoms with Crippen LogP contribution in [0.15, 0.2) is 18.3 Å². The van der Waals surface area contributed by atoms with Crippen LogP contribution in [0.25, 0.3) is 0 Å². The van der Waals surface area contributed by atoms with Gasteiger partial charge in [0.15, 0.2) is 0 Å². The molecule has 0 aromatic carbocycles. The predicted molar refractivity (Wildman–Crippen MR) is 60.3 cm³/mol. The molecule has 82 valence electrons. The molecule has 0 amide bonds. The van der Waals surface area contributed by atoms with Crippen LogP contribution in [0.1, 0.15) is 24.3 Å². The van der Waals surface area contributed by atoms with Gasteiger partial charge < -0.3 is 9.64 Å². The fourth-order valence-electron chi connectivity index (χ4n) is 2.19. The molecule has 1 atom stereocenters. The number of likely N-dealkylation sites (N-methyl/N-ethyl adjacent to an activating group) is 1. The summed E-state index contributed by atoms with van der Waals surface area (Å²) in [6.07, 6.45) is 4.51. The zero-order valence-electron chi connectivity index (χ0n) is 9.44. The standard InChI is InChI=1S/C12H18N2O/c1-14-7-3-4-11(9-14)10-5-6-12(15-2)13-8-10/h5-6,8,11H,3-4,7,9H2,1-2H3. The summed E-state index contributed by atoms with van der Waals surface area (Å²) in [6.45, 7) is 2.37. The second-order valence-electron chi connectivity index (χ2n) is 4.24. The molecule has 1 aliphatic rings. The molecule has 3 nitrogen and oxygen atoms in total. The first kappa shape index (κ1) is 10.4. The lowest BCUT2D eigenvalue weighted by atomic mass is 9.92. The van der Waals surface area contributed by atoms with Crippen LogP contribution in [0.5, 0.6) is 5.88 Å². The predicted octanol–water partition coefficient (Wildman–Crippen LogP) is 1.90. The van der Waals surface area contributed by atoms with E-state index in [1.807, 2.05) is 12.3 Å². The van der Waals surface area contributed by atoms with Crippen LogP contribution >= 0.6 is 0 Å². The minimum Gasteiger partial charge on any atom is -0.481 e. The summed E-state index contributed by atoms with van der Waals surface area (Å²) in [4.78, 5) is 6.64. The Balaban J connectivity index is 2.07. The minimum absolute atomic E-state index is 0.641. The van der Waals surface area contributed by atoms with E-state index in [1.165, 1.54) is 24.9 Å². The number of nitrogens with zero attached hydrogens (tertiary/aromatic N) is 2. The summed E-state index contributed by atoms with van der Waals surface area (Å²) >= 11 is 0. The van der Waals surface area contributed by atoms with E-state index >= 15 is 0 Å². The van der Waals surface area contributed by atoms with Gasteiger partial charge >= 0.3 is 0 Å². The van der Waals surface area contributed by atoms with Gasteiger partial charge in [-0.25, -0.2) is 4.98 Å². The fraction of sp³-hybridized carbons (Fsp3) is 0.583. The van der Waals surface area contributed by atoms with Crippen molar-refractivity contribution in [1.29, 1.82) is 0 Å². The Kier molecular flexibility index (Phi) is 3.21. The van der Waals surface area contributed by atoms with Crippen molar-refractivity contribution in [1.82, 2.24) is 9.88 Å². The van der Waals surface area contributed by atoms with E-state index in [-0.39, 0.29) is 0 Å². The first-order valence-corrected chi connectivity index (χ1v) is 5.48. The van der Waals surface area contributed by atoms with Crippen molar-refractivity contribution in [2.24, 2.45) is 0 Å². The molecule has 1 aromatic heterocycles. The quantitative estimate of drug-likeness (QED) is 0.739. The topological polar surface area (TPSA) is 25.4 Å². The highest BCUT2D eigenvalue weighted by atomic mass is 16.5. The maximum atomic E-state index is 5.06. The van der Waals surface area contributed by atoms with Crippen LogP contribution < -0.4 is 4.74 Å². The summed E-state index contributed by atoms with van der Waals surface area (Å²) in [6, 6.07) is 4.08. The smallest absolute Gasteiger partial charge is 0.212 e. The highest BCUT2D eigenvalue weighted by molar-refractivity contribution is 5.21. The molecule has 1 aromatic rings. The summed E-state index contributed by atoms with van der Waals surface area (Å²) in [5, 5.41) is 0. The molecule has 0 N–H and O–H groups in total. The van der Waals surface area contributed by atoms with E-state index in [1.54, 1.807) is 7.11 Å². The van der Waals surface area contributed by atoms with Crippen molar-refractivity contribution >= 4 is 0 Å². The Morgan fingerprint density at radius 2 is 2.33 bits per heavy atom. The van der Waals surface area contributed by atoms with Gasteiger partial charge in [-0.3, -0.25) is 0 Å². The molecule has 1 saturated heterocycles. The number of aromatic nitrogens is 1. The van der Waals surface area contributed by atoms with E-state index in [0.29, 0.717) is 11.8 Å². The van der Waals surface area contributed by atoms with Crippen molar-refractivity contribution in [3.63, 3.8) is 0 Å². The van der Waals surface area contributed by atoms with Crippen LogP contribution in [-0.2, 0) is 0 Å². The van der Waals surface area contributed by atoms with Gasteiger partial charge in [-0.1, -0.05) is 6.07 Å². The first-order valence-electron chi connectivity index (χ1n) is 5.48. The van der Waals surface area contributed by atoms with Crippen LogP contribution in [0, 0.1) is 0 Å². The summed E-state index contributed by atoms with van der Waals surface area (Å²) in [5.74, 6) is 1.34. The van der Waals surface area contributed by atoms with Gasteiger partial charge in [0.05, 0.1) is 7.11 Å². The van der Waals surface area contributed by atoms with E-state index < -0.39 is 0 Å². The van der Waals surface area contributed by atoms with Crippen LogP contribution in [0.3, 0.4) is 0 Å². The fourth-order valence-corrected chi connectivity index (χ4v) is 2.19. The van der Waals surface area contributed by atoms with Gasteiger partial charge in [0.2, 0.25) is 5.88 Å². The molecular weight excluding hydrogens is 188 g/mol. The van der Waals surface area contributed by atoms with Crippen molar-refractivity contribution in [2.75, 3.05) is 27.2 Å². The van der Waals surface area contributed by atoms with Crippen molar-refractivity contribution in [3.05, 3.63) is 23.9 Å². The van der Waals surface area contributed by atoms with E-state index in [0.717, 1.165) is 6.54 Å². The SMILES string of the molecule is COc1ccc(C2CCCN(C)C2)cn1. The molecule has 0 spiro atoms. The second-order valence-corrected chi connectivity index (χ2v) is 4.24. The Morgan fingerprint density at radius 3 is 2.93 bits per heavy atom. The molecule has 1 aliphatic heterocycles. The van der Waals surface area contributed by atoms with Gasteiger partial charge in [0.1, 0.15) is 0 Å². The Labute approximate surface area is 91.1 Å². The molecular formula is C12H18N2O. The van der Waals surface area contributed by atoms with Gasteiger partial charge in [-0.15, -0.1) is 0 Å². The van der Waals surface area contributed by atoms with Crippen LogP contribution in [0.4, 0.5) is 0 Å². The highest BCUT2D eigenvalue weighted by Crippen LogP contribution is 2.26. The average molecular weight is 206 g/mol. The summed E-state index contributed by atoms with van der Waals surface area (Å²) < 4.78 is 5.06. The summed E-state index contributed by atoms with van der Waals surface area (Å²) in [7, 11) is 3.83. The van der Waals surface area contributed by atoms with Gasteiger partial charge in [0.25, 0.3) is 0 Å². The molecule has 0 radical (unpaired) electrons. The van der Waals surface area contributed by atoms with Crippen LogP contribution in [-0.4, -0.2) is 37.1 Å². The van der Waals surface area contributed by atoms with Crippen molar-refractivity contribution in [2.45, 2.75) is 18.8 Å². The van der Waals surface area contributed by atoms with Crippen molar-refractivity contribution < 1.29 is 4.74 Å². The van der Waals surface area contributed by atoms with E-state index in [2.05, 4.69) is 23.0 Å². The lowest BCUT2D eigenvalue weighted by Crippen LogP contribution is -2.30. The third-order valence-electron chi connectivity index (χ3n) is 3.06. The zero-order chi connectivity index (χ0) is 10.7. The first-order chi connectivity index (χ1) is 7.29. The molecule has 2 heterocycles. The third kappa shape index (κ3) is 2.48. The van der Waals surface area contributed by atoms with Gasteiger partial charge in [-0.05, 0) is 37.9 Å². The number of piperidine rings is 1. The maximum Gasteiger partial charge on any atom is 0.212 e. The average Bonchev–Trinajstić information content (AvgIpc) is 2.29. The number of methoxy groups -OCH3 is 1. The molecule has 0 saturated carbocycles. The van der Waals surface area contributed by atoms with Gasteiger partial charge in [0, 0.05) is 18.8 Å². The number of rotatable bonds is 2. The normalized spacial score (nSPS) is 22.7. The minimum atomic E-state index is 0.641. The molecule has 0 bridgehead atoms. The number of hydrogen-bond acceptors (Lipinski definition) is 3. The zero-order valence-corrected chi connectivity index (χ0v) is 9.44. The molecule has 1 fully saturated rings. The second kappa shape index (κ2) is 4.62. The summed E-state index contributed by atoms with van der Waals surface area (Å²) in [5.41, 5.74) is 1.34. The van der Waals surface area contributed by atoms with Crippen molar-refractivity contribution in [3.8, 4) is 5.88 Å². The number of pyridine rings is 1. The number of ether oxygens (including phenoxy) is 1. The lowest BCUT2D eigenvalue weighted by Gasteiger charge is -2.29. The molecule has 0 aliphatic carbocycles. The number of hydrogen-bond donors (Lipinski definition) is 0. The van der Waals surface area contributed by atoms with Gasteiger partial charge in [-0.2, -0.15) is 0 Å². The molecule has 2 rings (SSSR count). The maximum absolute atomic E-state index is 5.06. The van der Waals surface area contributed by atoms with Crippen LogP contribution in [0.2, 0.25) is 0 Å². The monoisotopic (exact) mass is 206 g/mol. The highest BCUT2D eigenvalue weighted by Gasteiger charge is 2.18. The lowest BCUT2D eigenvalue weighted by molar-refractivity contribution is 0.250. The third-order valence-corrected chi connectivity index (χ3v) is 3.06. The van der Waals surface area contributed by atoms with E-state index in [9.17, 15) is 0 Å². The largest absolute Gasteiger partial charge is 0.481 e. The molecule has 15 heavy (non-hydrogen) atoms. The Hall–Kier alpha value is -1.09. The molecule has 1 unspecified atom stereocenters. The number of likely N-dealkylation sites (tertiary alicyclic amines) is 1. The van der Waals surface area contributed by atoms with E-state index in [4.69, 9.17) is 4.74 Å². The molecule has 3 heteroatoms. The Bertz CT molecular complexity index is 310. The Morgan fingerprint density at radius 1 is 1.47 bits per heavy atom.